The highest BCUT2D eigenvalue weighted by Gasteiger charge is 2.38. The molecule has 0 bridgehead atoms. The summed E-state index contributed by atoms with van der Waals surface area (Å²) in [7, 11) is 0. The lowest BCUT2D eigenvalue weighted by Gasteiger charge is -2.36. The van der Waals surface area contributed by atoms with Gasteiger partial charge in [0.05, 0.1) is 5.41 Å². The van der Waals surface area contributed by atoms with E-state index in [9.17, 15) is 4.79 Å². The fraction of sp³-hybridized carbons (Fsp3) is 0.588. The summed E-state index contributed by atoms with van der Waals surface area (Å²) in [6.45, 7) is 8.09. The Morgan fingerprint density at radius 3 is 2.60 bits per heavy atom. The summed E-state index contributed by atoms with van der Waals surface area (Å²) >= 11 is 0. The van der Waals surface area contributed by atoms with Crippen LogP contribution in [0.2, 0.25) is 0 Å². The third-order valence-corrected chi connectivity index (χ3v) is 4.40. The van der Waals surface area contributed by atoms with Crippen LogP contribution in [-0.2, 0) is 4.79 Å². The first-order valence-electron chi connectivity index (χ1n) is 7.67. The highest BCUT2D eigenvalue weighted by Crippen LogP contribution is 2.34. The molecule has 1 saturated heterocycles. The van der Waals surface area contributed by atoms with Crippen molar-refractivity contribution in [3.63, 3.8) is 0 Å². The van der Waals surface area contributed by atoms with Gasteiger partial charge in [0.1, 0.15) is 0 Å². The molecule has 0 aromatic heterocycles. The Morgan fingerprint density at radius 1 is 1.35 bits per heavy atom. The summed E-state index contributed by atoms with van der Waals surface area (Å²) < 4.78 is 0. The third-order valence-electron chi connectivity index (χ3n) is 4.40. The van der Waals surface area contributed by atoms with E-state index < -0.39 is 0 Å². The zero-order valence-electron chi connectivity index (χ0n) is 12.9. The first-order chi connectivity index (χ1) is 9.59. The summed E-state index contributed by atoms with van der Waals surface area (Å²) in [5.41, 5.74) is 3.02. The number of carbonyl (C=O) groups excluding carboxylic acids is 1. The van der Waals surface area contributed by atoms with Gasteiger partial charge in [-0.15, -0.1) is 0 Å². The van der Waals surface area contributed by atoms with Gasteiger partial charge in [0.15, 0.2) is 0 Å². The summed E-state index contributed by atoms with van der Waals surface area (Å²) in [5, 5.41) is 6.59. The predicted molar refractivity (Wildman–Crippen MR) is 84.0 cm³/mol. The lowest BCUT2D eigenvalue weighted by molar-refractivity contribution is -0.127. The van der Waals surface area contributed by atoms with E-state index in [1.165, 1.54) is 0 Å². The van der Waals surface area contributed by atoms with E-state index >= 15 is 0 Å². The van der Waals surface area contributed by atoms with Crippen molar-refractivity contribution in [1.29, 1.82) is 0 Å². The van der Waals surface area contributed by atoms with Crippen LogP contribution in [0.15, 0.2) is 18.2 Å². The van der Waals surface area contributed by atoms with E-state index in [4.69, 9.17) is 0 Å². The average Bonchev–Trinajstić information content (AvgIpc) is 2.44. The number of piperidine rings is 1. The fourth-order valence-electron chi connectivity index (χ4n) is 3.22. The summed E-state index contributed by atoms with van der Waals surface area (Å²) in [4.78, 5) is 12.8. The van der Waals surface area contributed by atoms with Crippen LogP contribution in [0, 0.1) is 19.3 Å². The summed E-state index contributed by atoms with van der Waals surface area (Å²) in [6.07, 6.45) is 4.07. The molecule has 0 radical (unpaired) electrons. The largest absolute Gasteiger partial charge is 0.325 e. The van der Waals surface area contributed by atoms with Crippen molar-refractivity contribution < 1.29 is 4.79 Å². The van der Waals surface area contributed by atoms with E-state index in [1.54, 1.807) is 0 Å². The smallest absolute Gasteiger partial charge is 0.231 e. The molecule has 1 amide bonds. The summed E-state index contributed by atoms with van der Waals surface area (Å²) in [5.74, 6) is 0.184. The van der Waals surface area contributed by atoms with Gasteiger partial charge >= 0.3 is 0 Å². The third kappa shape index (κ3) is 3.04. The van der Waals surface area contributed by atoms with Gasteiger partial charge in [-0.3, -0.25) is 4.79 Å². The lowest BCUT2D eigenvalue weighted by atomic mass is 9.76. The Hall–Kier alpha value is -1.35. The van der Waals surface area contributed by atoms with Gasteiger partial charge in [0, 0.05) is 12.2 Å². The topological polar surface area (TPSA) is 41.1 Å². The van der Waals surface area contributed by atoms with E-state index in [2.05, 4.69) is 17.6 Å². The van der Waals surface area contributed by atoms with E-state index in [1.807, 2.05) is 32.0 Å². The van der Waals surface area contributed by atoms with Crippen LogP contribution in [-0.4, -0.2) is 19.0 Å². The summed E-state index contributed by atoms with van der Waals surface area (Å²) in [6, 6.07) is 6.13. The number of anilines is 1. The molecule has 1 heterocycles. The molecule has 1 aromatic rings. The molecule has 20 heavy (non-hydrogen) atoms. The second kappa shape index (κ2) is 6.40. The second-order valence-corrected chi connectivity index (χ2v) is 6.03. The quantitative estimate of drug-likeness (QED) is 0.883. The van der Waals surface area contributed by atoms with Gasteiger partial charge < -0.3 is 10.6 Å². The van der Waals surface area contributed by atoms with Gasteiger partial charge in [-0.1, -0.05) is 31.5 Å². The van der Waals surface area contributed by atoms with Crippen LogP contribution in [0.5, 0.6) is 0 Å². The van der Waals surface area contributed by atoms with E-state index in [0.717, 1.165) is 55.6 Å². The molecule has 1 aliphatic rings. The number of aryl methyl sites for hydroxylation is 2. The molecule has 0 spiro atoms. The normalized spacial score (nSPS) is 22.6. The van der Waals surface area contributed by atoms with Gasteiger partial charge in [-0.2, -0.15) is 0 Å². The predicted octanol–water partition coefficient (Wildman–Crippen LogP) is 3.41. The molecule has 2 rings (SSSR count). The number of hydrogen-bond donors (Lipinski definition) is 2. The molecule has 1 aromatic carbocycles. The van der Waals surface area contributed by atoms with Gasteiger partial charge in [-0.05, 0) is 50.8 Å². The highest BCUT2D eigenvalue weighted by atomic mass is 16.2. The molecule has 0 aliphatic carbocycles. The van der Waals surface area contributed by atoms with E-state index in [0.29, 0.717) is 0 Å². The SMILES string of the molecule is CCCC1(C(=O)Nc2c(C)cccc2C)CCCNC1. The number of carbonyl (C=O) groups is 1. The van der Waals surface area contributed by atoms with Crippen LogP contribution in [0.25, 0.3) is 0 Å². The molecule has 3 nitrogen and oxygen atoms in total. The zero-order valence-corrected chi connectivity index (χ0v) is 12.9. The van der Waals surface area contributed by atoms with Crippen LogP contribution in [0.3, 0.4) is 0 Å². The maximum atomic E-state index is 12.8. The fourth-order valence-corrected chi connectivity index (χ4v) is 3.22. The Kier molecular flexibility index (Phi) is 4.81. The molecule has 1 unspecified atom stereocenters. The Labute approximate surface area is 122 Å². The first-order valence-corrected chi connectivity index (χ1v) is 7.67. The average molecular weight is 274 g/mol. The number of nitrogens with one attached hydrogen (secondary N) is 2. The number of amides is 1. The van der Waals surface area contributed by atoms with Crippen LogP contribution in [0.4, 0.5) is 5.69 Å². The minimum Gasteiger partial charge on any atom is -0.325 e. The molecule has 3 heteroatoms. The molecule has 2 N–H and O–H groups in total. The number of para-hydroxylation sites is 1. The minimum atomic E-state index is -0.234. The van der Waals surface area contributed by atoms with Crippen molar-refractivity contribution in [3.8, 4) is 0 Å². The minimum absolute atomic E-state index is 0.184. The van der Waals surface area contributed by atoms with Crippen molar-refractivity contribution in [2.24, 2.45) is 5.41 Å². The standard InChI is InChI=1S/C17H26N2O/c1-4-9-17(10-6-11-18-12-17)16(20)19-15-13(2)7-5-8-14(15)3/h5,7-8,18H,4,6,9-12H2,1-3H3,(H,19,20). The van der Waals surface area contributed by atoms with Crippen molar-refractivity contribution >= 4 is 11.6 Å². The highest BCUT2D eigenvalue weighted by molar-refractivity contribution is 5.96. The molecular formula is C17H26N2O. The monoisotopic (exact) mass is 274 g/mol. The van der Waals surface area contributed by atoms with Crippen molar-refractivity contribution in [3.05, 3.63) is 29.3 Å². The van der Waals surface area contributed by atoms with Crippen molar-refractivity contribution in [1.82, 2.24) is 5.32 Å². The first kappa shape index (κ1) is 15.0. The van der Waals surface area contributed by atoms with Crippen LogP contribution in [0.1, 0.15) is 43.7 Å². The number of hydrogen-bond acceptors (Lipinski definition) is 2. The van der Waals surface area contributed by atoms with Gasteiger partial charge in [0.2, 0.25) is 5.91 Å². The zero-order chi connectivity index (χ0) is 14.6. The van der Waals surface area contributed by atoms with Crippen molar-refractivity contribution in [2.75, 3.05) is 18.4 Å². The maximum Gasteiger partial charge on any atom is 0.231 e. The van der Waals surface area contributed by atoms with Gasteiger partial charge in [0.25, 0.3) is 0 Å². The molecular weight excluding hydrogens is 248 g/mol. The van der Waals surface area contributed by atoms with Crippen LogP contribution >= 0.6 is 0 Å². The maximum absolute atomic E-state index is 12.8. The number of benzene rings is 1. The molecule has 1 fully saturated rings. The molecule has 1 atom stereocenters. The number of rotatable bonds is 4. The molecule has 0 saturated carbocycles. The Balaban J connectivity index is 2.20. The Morgan fingerprint density at radius 2 is 2.05 bits per heavy atom. The molecule has 110 valence electrons. The second-order valence-electron chi connectivity index (χ2n) is 6.03. The van der Waals surface area contributed by atoms with Crippen molar-refractivity contribution in [2.45, 2.75) is 46.5 Å². The van der Waals surface area contributed by atoms with Gasteiger partial charge in [-0.25, -0.2) is 0 Å². The van der Waals surface area contributed by atoms with Crippen LogP contribution < -0.4 is 10.6 Å². The lowest BCUT2D eigenvalue weighted by Crippen LogP contribution is -2.48. The van der Waals surface area contributed by atoms with E-state index in [-0.39, 0.29) is 11.3 Å². The molecule has 1 aliphatic heterocycles. The Bertz CT molecular complexity index is 450.